The molecule has 0 amide bonds. The van der Waals surface area contributed by atoms with Gasteiger partial charge < -0.3 is 10.5 Å². The van der Waals surface area contributed by atoms with Crippen molar-refractivity contribution in [2.24, 2.45) is 5.73 Å². The lowest BCUT2D eigenvalue weighted by molar-refractivity contribution is -0.146. The SMILES string of the molecule is COC(=O)C(C)(N)CCCn1cc(Cl)c(C)n1. The highest BCUT2D eigenvalue weighted by Crippen LogP contribution is 2.15. The van der Waals surface area contributed by atoms with E-state index >= 15 is 0 Å². The highest BCUT2D eigenvalue weighted by Gasteiger charge is 2.28. The zero-order valence-electron chi connectivity index (χ0n) is 10.4. The van der Waals surface area contributed by atoms with Crippen LogP contribution < -0.4 is 5.73 Å². The minimum absolute atomic E-state index is 0.396. The molecule has 5 nitrogen and oxygen atoms in total. The Kier molecular flexibility index (Phi) is 4.54. The maximum Gasteiger partial charge on any atom is 0.325 e. The third-order valence-corrected chi connectivity index (χ3v) is 2.99. The number of ether oxygens (including phenoxy) is 1. The van der Waals surface area contributed by atoms with Crippen LogP contribution in [0.5, 0.6) is 0 Å². The predicted molar refractivity (Wildman–Crippen MR) is 65.8 cm³/mol. The fraction of sp³-hybridized carbons (Fsp3) is 0.636. The van der Waals surface area contributed by atoms with Crippen molar-refractivity contribution in [2.75, 3.05) is 7.11 Å². The van der Waals surface area contributed by atoms with Gasteiger partial charge in [-0.05, 0) is 26.7 Å². The minimum Gasteiger partial charge on any atom is -0.468 e. The number of aryl methyl sites for hydroxylation is 2. The fourth-order valence-electron chi connectivity index (χ4n) is 1.55. The van der Waals surface area contributed by atoms with Crippen LogP contribution in [-0.2, 0) is 16.1 Å². The monoisotopic (exact) mass is 259 g/mol. The first-order valence-corrected chi connectivity index (χ1v) is 5.81. The van der Waals surface area contributed by atoms with Gasteiger partial charge in [-0.2, -0.15) is 5.10 Å². The smallest absolute Gasteiger partial charge is 0.325 e. The molecule has 0 radical (unpaired) electrons. The summed E-state index contributed by atoms with van der Waals surface area (Å²) in [6, 6.07) is 0. The summed E-state index contributed by atoms with van der Waals surface area (Å²) >= 11 is 5.89. The highest BCUT2D eigenvalue weighted by atomic mass is 35.5. The minimum atomic E-state index is -0.944. The molecule has 1 rings (SSSR count). The molecular weight excluding hydrogens is 242 g/mol. The van der Waals surface area contributed by atoms with Crippen LogP contribution >= 0.6 is 11.6 Å². The second-order valence-electron chi connectivity index (χ2n) is 4.34. The van der Waals surface area contributed by atoms with E-state index in [-0.39, 0.29) is 0 Å². The molecule has 1 aromatic rings. The molecule has 1 aromatic heterocycles. The van der Waals surface area contributed by atoms with E-state index in [0.717, 1.165) is 12.1 Å². The number of methoxy groups -OCH3 is 1. The number of nitrogens with two attached hydrogens (primary N) is 1. The molecule has 0 bridgehead atoms. The van der Waals surface area contributed by atoms with Crippen LogP contribution in [0.3, 0.4) is 0 Å². The summed E-state index contributed by atoms with van der Waals surface area (Å²) in [5, 5.41) is 4.87. The van der Waals surface area contributed by atoms with Crippen LogP contribution in [0.25, 0.3) is 0 Å². The van der Waals surface area contributed by atoms with Gasteiger partial charge in [-0.1, -0.05) is 11.6 Å². The number of hydrogen-bond donors (Lipinski definition) is 1. The van der Waals surface area contributed by atoms with Gasteiger partial charge in [0.05, 0.1) is 17.8 Å². The predicted octanol–water partition coefficient (Wildman–Crippen LogP) is 1.52. The lowest BCUT2D eigenvalue weighted by atomic mass is 9.97. The molecule has 1 heterocycles. The van der Waals surface area contributed by atoms with E-state index in [9.17, 15) is 4.79 Å². The summed E-state index contributed by atoms with van der Waals surface area (Å²) in [5.41, 5.74) is 5.70. The molecule has 0 aromatic carbocycles. The molecular formula is C11H18ClN3O2. The number of esters is 1. The van der Waals surface area contributed by atoms with E-state index in [1.807, 2.05) is 6.92 Å². The lowest BCUT2D eigenvalue weighted by Crippen LogP contribution is -2.45. The van der Waals surface area contributed by atoms with Crippen molar-refractivity contribution >= 4 is 17.6 Å². The normalized spacial score (nSPS) is 14.4. The molecule has 17 heavy (non-hydrogen) atoms. The average Bonchev–Trinajstić information content (AvgIpc) is 2.57. The van der Waals surface area contributed by atoms with Crippen molar-refractivity contribution in [1.82, 2.24) is 9.78 Å². The average molecular weight is 260 g/mol. The van der Waals surface area contributed by atoms with Gasteiger partial charge in [-0.25, -0.2) is 0 Å². The zero-order valence-corrected chi connectivity index (χ0v) is 11.1. The summed E-state index contributed by atoms with van der Waals surface area (Å²) < 4.78 is 6.39. The number of rotatable bonds is 5. The van der Waals surface area contributed by atoms with E-state index in [0.29, 0.717) is 18.0 Å². The van der Waals surface area contributed by atoms with Crippen molar-refractivity contribution in [3.8, 4) is 0 Å². The van der Waals surface area contributed by atoms with E-state index in [2.05, 4.69) is 9.84 Å². The van der Waals surface area contributed by atoms with Crippen LogP contribution in [0.1, 0.15) is 25.5 Å². The second-order valence-corrected chi connectivity index (χ2v) is 4.75. The van der Waals surface area contributed by atoms with Gasteiger partial charge in [-0.3, -0.25) is 9.48 Å². The first kappa shape index (κ1) is 14.0. The molecule has 0 aliphatic heterocycles. The maximum atomic E-state index is 11.3. The summed E-state index contributed by atoms with van der Waals surface area (Å²) in [7, 11) is 1.34. The Morgan fingerprint density at radius 3 is 2.82 bits per heavy atom. The Bertz CT molecular complexity index is 382. The van der Waals surface area contributed by atoms with Gasteiger partial charge in [0, 0.05) is 12.7 Å². The molecule has 0 saturated heterocycles. The Hall–Kier alpha value is -1.07. The van der Waals surface area contributed by atoms with E-state index in [1.165, 1.54) is 7.11 Å². The summed E-state index contributed by atoms with van der Waals surface area (Å²) in [6.07, 6.45) is 3.04. The van der Waals surface area contributed by atoms with Gasteiger partial charge in [0.2, 0.25) is 0 Å². The van der Waals surface area contributed by atoms with Crippen LogP contribution in [0.2, 0.25) is 5.02 Å². The Balaban J connectivity index is 2.45. The van der Waals surface area contributed by atoms with Gasteiger partial charge in [0.25, 0.3) is 0 Å². The van der Waals surface area contributed by atoms with E-state index in [1.54, 1.807) is 17.8 Å². The largest absolute Gasteiger partial charge is 0.468 e. The number of hydrogen-bond acceptors (Lipinski definition) is 4. The van der Waals surface area contributed by atoms with Crippen LogP contribution in [0, 0.1) is 6.92 Å². The lowest BCUT2D eigenvalue weighted by Gasteiger charge is -2.20. The van der Waals surface area contributed by atoms with Gasteiger partial charge in [0.1, 0.15) is 5.54 Å². The standard InChI is InChI=1S/C11H18ClN3O2/c1-8-9(12)7-15(14-8)6-4-5-11(2,13)10(16)17-3/h7H,4-6,13H2,1-3H3. The van der Waals surface area contributed by atoms with Gasteiger partial charge >= 0.3 is 5.97 Å². The van der Waals surface area contributed by atoms with Gasteiger partial charge in [0.15, 0.2) is 0 Å². The number of carbonyl (C=O) groups is 1. The van der Waals surface area contributed by atoms with Gasteiger partial charge in [-0.15, -0.1) is 0 Å². The molecule has 1 atom stereocenters. The van der Waals surface area contributed by atoms with Crippen molar-refractivity contribution < 1.29 is 9.53 Å². The number of nitrogens with zero attached hydrogens (tertiary/aromatic N) is 2. The summed E-state index contributed by atoms with van der Waals surface area (Å²) in [5.74, 6) is -0.396. The van der Waals surface area contributed by atoms with Crippen molar-refractivity contribution in [3.05, 3.63) is 16.9 Å². The van der Waals surface area contributed by atoms with Crippen molar-refractivity contribution in [1.29, 1.82) is 0 Å². The molecule has 0 saturated carbocycles. The molecule has 0 aliphatic rings. The van der Waals surface area contributed by atoms with E-state index in [4.69, 9.17) is 17.3 Å². The Labute approximate surface area is 106 Å². The topological polar surface area (TPSA) is 70.1 Å². The molecule has 2 N–H and O–H groups in total. The molecule has 0 spiro atoms. The third kappa shape index (κ3) is 3.71. The quantitative estimate of drug-likeness (QED) is 0.814. The Morgan fingerprint density at radius 1 is 1.71 bits per heavy atom. The maximum absolute atomic E-state index is 11.3. The molecule has 0 fully saturated rings. The molecule has 96 valence electrons. The number of halogens is 1. The fourth-order valence-corrected chi connectivity index (χ4v) is 1.70. The molecule has 0 aliphatic carbocycles. The third-order valence-electron chi connectivity index (χ3n) is 2.62. The first-order chi connectivity index (χ1) is 7.86. The zero-order chi connectivity index (χ0) is 13.1. The number of carbonyl (C=O) groups excluding carboxylic acids is 1. The second kappa shape index (κ2) is 5.51. The molecule has 1 unspecified atom stereocenters. The molecule has 6 heteroatoms. The summed E-state index contributed by atoms with van der Waals surface area (Å²) in [4.78, 5) is 11.3. The highest BCUT2D eigenvalue weighted by molar-refractivity contribution is 6.31. The van der Waals surface area contributed by atoms with E-state index < -0.39 is 11.5 Å². The van der Waals surface area contributed by atoms with Crippen molar-refractivity contribution in [3.63, 3.8) is 0 Å². The van der Waals surface area contributed by atoms with Crippen molar-refractivity contribution in [2.45, 2.75) is 38.8 Å². The van der Waals surface area contributed by atoms with Crippen LogP contribution in [0.4, 0.5) is 0 Å². The summed E-state index contributed by atoms with van der Waals surface area (Å²) in [6.45, 7) is 4.19. The number of aromatic nitrogens is 2. The van der Waals surface area contributed by atoms with Crippen LogP contribution in [-0.4, -0.2) is 28.4 Å². The van der Waals surface area contributed by atoms with Crippen LogP contribution in [0.15, 0.2) is 6.20 Å². The first-order valence-electron chi connectivity index (χ1n) is 5.43. The Morgan fingerprint density at radius 2 is 2.35 bits per heavy atom.